The quantitative estimate of drug-likeness (QED) is 0.928. The van der Waals surface area contributed by atoms with Crippen molar-refractivity contribution in [2.24, 2.45) is 0 Å². The minimum atomic E-state index is -1.08. The summed E-state index contributed by atoms with van der Waals surface area (Å²) in [5.41, 5.74) is 0.0246. The fourth-order valence-electron chi connectivity index (χ4n) is 1.17. The first-order chi connectivity index (χ1) is 8.99. The molecule has 0 aliphatic heterocycles. The third-order valence-electron chi connectivity index (χ3n) is 2.05. The molecule has 0 amide bonds. The lowest BCUT2D eigenvalue weighted by atomic mass is 10.3. The van der Waals surface area contributed by atoms with Gasteiger partial charge in [-0.05, 0) is 17.8 Å². The first-order valence-electron chi connectivity index (χ1n) is 5.05. The summed E-state index contributed by atoms with van der Waals surface area (Å²) in [6.45, 7) is 0. The number of aromatic nitrogens is 3. The summed E-state index contributed by atoms with van der Waals surface area (Å²) in [7, 11) is 3.73. The number of hydrogen-bond donors (Lipinski definition) is 1. The van der Waals surface area contributed by atoms with Crippen LogP contribution >= 0.6 is 34.7 Å². The second kappa shape index (κ2) is 5.72. The van der Waals surface area contributed by atoms with Crippen LogP contribution in [0.25, 0.3) is 0 Å². The molecule has 0 saturated heterocycles. The van der Waals surface area contributed by atoms with Gasteiger partial charge in [0, 0.05) is 20.3 Å². The fourth-order valence-corrected chi connectivity index (χ4v) is 3.17. The number of nitrogens with zero attached hydrogens (tertiary/aromatic N) is 4. The molecule has 0 aliphatic carbocycles. The highest BCUT2D eigenvalue weighted by atomic mass is 35.5. The van der Waals surface area contributed by atoms with Crippen LogP contribution in [0.4, 0.5) is 5.13 Å². The van der Waals surface area contributed by atoms with Crippen molar-refractivity contribution < 1.29 is 9.90 Å². The number of anilines is 1. The average Bonchev–Trinajstić information content (AvgIpc) is 2.80. The van der Waals surface area contributed by atoms with Crippen molar-refractivity contribution in [2.45, 2.75) is 9.37 Å². The molecule has 0 spiro atoms. The molecule has 1 N–H and O–H groups in total. The highest BCUT2D eigenvalue weighted by molar-refractivity contribution is 8.01. The molecular weight excluding hydrogens is 308 g/mol. The van der Waals surface area contributed by atoms with Crippen LogP contribution in [0, 0.1) is 0 Å². The van der Waals surface area contributed by atoms with Gasteiger partial charge in [0.15, 0.2) is 4.34 Å². The predicted molar refractivity (Wildman–Crippen MR) is 74.6 cm³/mol. The Balaban J connectivity index is 2.28. The number of rotatable bonds is 4. The van der Waals surface area contributed by atoms with Gasteiger partial charge >= 0.3 is 5.97 Å². The van der Waals surface area contributed by atoms with Crippen LogP contribution < -0.4 is 4.90 Å². The van der Waals surface area contributed by atoms with E-state index in [4.69, 9.17) is 16.7 Å². The maximum Gasteiger partial charge on any atom is 0.337 e. The Morgan fingerprint density at radius 2 is 2.21 bits per heavy atom. The molecule has 9 heteroatoms. The monoisotopic (exact) mass is 316 g/mol. The van der Waals surface area contributed by atoms with Crippen LogP contribution in [-0.4, -0.2) is 40.4 Å². The number of aromatic carboxylic acids is 1. The highest BCUT2D eigenvalue weighted by Gasteiger charge is 2.16. The smallest absolute Gasteiger partial charge is 0.337 e. The Kier molecular flexibility index (Phi) is 4.23. The molecule has 0 atom stereocenters. The second-order valence-electron chi connectivity index (χ2n) is 3.63. The second-order valence-corrected chi connectivity index (χ2v) is 6.20. The zero-order valence-corrected chi connectivity index (χ0v) is 12.4. The van der Waals surface area contributed by atoms with Crippen molar-refractivity contribution in [3.63, 3.8) is 0 Å². The Labute approximate surface area is 122 Å². The van der Waals surface area contributed by atoms with Gasteiger partial charge in [-0.3, -0.25) is 0 Å². The van der Waals surface area contributed by atoms with Crippen LogP contribution in [0.3, 0.4) is 0 Å². The SMILES string of the molecule is CN(C)c1nnc(Sc2nccc(C(=O)O)c2Cl)s1. The largest absolute Gasteiger partial charge is 0.478 e. The third kappa shape index (κ3) is 3.14. The van der Waals surface area contributed by atoms with Gasteiger partial charge in [0.1, 0.15) is 5.03 Å². The Morgan fingerprint density at radius 3 is 2.79 bits per heavy atom. The van der Waals surface area contributed by atoms with Crippen molar-refractivity contribution in [3.8, 4) is 0 Å². The van der Waals surface area contributed by atoms with Gasteiger partial charge in [-0.25, -0.2) is 9.78 Å². The van der Waals surface area contributed by atoms with Crippen molar-refractivity contribution in [3.05, 3.63) is 22.8 Å². The summed E-state index contributed by atoms with van der Waals surface area (Å²) in [6.07, 6.45) is 1.41. The first-order valence-corrected chi connectivity index (χ1v) is 7.06. The molecular formula is C10H9ClN4O2S2. The molecule has 19 heavy (non-hydrogen) atoms. The lowest BCUT2D eigenvalue weighted by Crippen LogP contribution is -2.07. The van der Waals surface area contributed by atoms with Crippen LogP contribution in [0.5, 0.6) is 0 Å². The summed E-state index contributed by atoms with van der Waals surface area (Å²) < 4.78 is 0.653. The molecule has 0 unspecified atom stereocenters. The van der Waals surface area contributed by atoms with E-state index in [2.05, 4.69) is 15.2 Å². The van der Waals surface area contributed by atoms with E-state index in [1.807, 2.05) is 19.0 Å². The van der Waals surface area contributed by atoms with Gasteiger partial charge < -0.3 is 10.0 Å². The summed E-state index contributed by atoms with van der Waals surface area (Å²) >= 11 is 8.58. The van der Waals surface area contributed by atoms with E-state index in [0.29, 0.717) is 9.37 Å². The van der Waals surface area contributed by atoms with Crippen LogP contribution in [0.2, 0.25) is 5.02 Å². The van der Waals surface area contributed by atoms with Gasteiger partial charge in [-0.15, -0.1) is 10.2 Å². The van der Waals surface area contributed by atoms with Crippen LogP contribution in [0.15, 0.2) is 21.6 Å². The van der Waals surface area contributed by atoms with E-state index in [1.54, 1.807) is 0 Å². The summed E-state index contributed by atoms with van der Waals surface area (Å²) in [6, 6.07) is 1.36. The van der Waals surface area contributed by atoms with Crippen LogP contribution in [0.1, 0.15) is 10.4 Å². The molecule has 6 nitrogen and oxygen atoms in total. The molecule has 2 heterocycles. The molecule has 0 aromatic carbocycles. The molecule has 0 bridgehead atoms. The number of hydrogen-bond acceptors (Lipinski definition) is 7. The molecule has 0 aliphatic rings. The number of halogens is 1. The normalized spacial score (nSPS) is 10.5. The molecule has 2 rings (SSSR count). The average molecular weight is 317 g/mol. The van der Waals surface area contributed by atoms with Gasteiger partial charge in [0.25, 0.3) is 0 Å². The van der Waals surface area contributed by atoms with Gasteiger partial charge in [0.05, 0.1) is 10.6 Å². The number of carboxylic acid groups (broad SMARTS) is 1. The number of carbonyl (C=O) groups is 1. The van der Waals surface area contributed by atoms with Gasteiger partial charge in [-0.2, -0.15) is 0 Å². The standard InChI is InChI=1S/C10H9ClN4O2S2/c1-15(2)9-13-14-10(19-9)18-7-6(11)5(8(16)17)3-4-12-7/h3-4H,1-2H3,(H,16,17). The minimum Gasteiger partial charge on any atom is -0.478 e. The first kappa shape index (κ1) is 14.0. The van der Waals surface area contributed by atoms with E-state index in [9.17, 15) is 4.79 Å². The molecule has 0 saturated carbocycles. The minimum absolute atomic E-state index is 0.0246. The van der Waals surface area contributed by atoms with E-state index in [1.165, 1.54) is 35.4 Å². The van der Waals surface area contributed by atoms with Crippen molar-refractivity contribution in [1.29, 1.82) is 0 Å². The lowest BCUT2D eigenvalue weighted by molar-refractivity contribution is 0.0696. The molecule has 2 aromatic heterocycles. The summed E-state index contributed by atoms with van der Waals surface area (Å²) in [4.78, 5) is 16.9. The zero-order chi connectivity index (χ0) is 14.0. The molecule has 0 fully saturated rings. The maximum absolute atomic E-state index is 11.0. The maximum atomic E-state index is 11.0. The summed E-state index contributed by atoms with van der Waals surface area (Å²) in [5.74, 6) is -1.08. The van der Waals surface area contributed by atoms with Gasteiger partial charge in [-0.1, -0.05) is 22.9 Å². The highest BCUT2D eigenvalue weighted by Crippen LogP contribution is 2.36. The fraction of sp³-hybridized carbons (Fsp3) is 0.200. The van der Waals surface area contributed by atoms with E-state index >= 15 is 0 Å². The molecule has 0 radical (unpaired) electrons. The van der Waals surface area contributed by atoms with Crippen molar-refractivity contribution in [2.75, 3.05) is 19.0 Å². The molecule has 100 valence electrons. The van der Waals surface area contributed by atoms with E-state index in [-0.39, 0.29) is 10.6 Å². The summed E-state index contributed by atoms with van der Waals surface area (Å²) in [5, 5.41) is 18.2. The van der Waals surface area contributed by atoms with E-state index in [0.717, 1.165) is 5.13 Å². The zero-order valence-electron chi connectivity index (χ0n) is 9.99. The number of pyridine rings is 1. The van der Waals surface area contributed by atoms with E-state index < -0.39 is 5.97 Å². The van der Waals surface area contributed by atoms with Crippen molar-refractivity contribution in [1.82, 2.24) is 15.2 Å². The molecule has 2 aromatic rings. The topological polar surface area (TPSA) is 79.2 Å². The Hall–Kier alpha value is -1.38. The van der Waals surface area contributed by atoms with Crippen LogP contribution in [-0.2, 0) is 0 Å². The third-order valence-corrected chi connectivity index (χ3v) is 4.69. The lowest BCUT2D eigenvalue weighted by Gasteiger charge is -2.04. The predicted octanol–water partition coefficient (Wildman–Crippen LogP) is 2.50. The number of carboxylic acids is 1. The Morgan fingerprint density at radius 1 is 1.47 bits per heavy atom. The van der Waals surface area contributed by atoms with Gasteiger partial charge in [0.2, 0.25) is 5.13 Å². The Bertz CT molecular complexity index is 617. The van der Waals surface area contributed by atoms with Crippen molar-refractivity contribution >= 4 is 45.8 Å².